The average molecular weight is 451 g/mol. The number of anilines is 2. The monoisotopic (exact) mass is 450 g/mol. The summed E-state index contributed by atoms with van der Waals surface area (Å²) in [7, 11) is -3.68. The zero-order valence-corrected chi connectivity index (χ0v) is 18.3. The Labute approximate surface area is 186 Å². The van der Waals surface area contributed by atoms with Crippen LogP contribution in [-0.4, -0.2) is 33.6 Å². The van der Waals surface area contributed by atoms with Crippen LogP contribution in [-0.2, 0) is 16.4 Å². The fourth-order valence-electron chi connectivity index (χ4n) is 4.14. The quantitative estimate of drug-likeness (QED) is 0.653. The fraction of sp³-hybridized carbons (Fsp3) is 0.208. The smallest absolute Gasteiger partial charge is 0.264 e. The zero-order chi connectivity index (χ0) is 22.3. The van der Waals surface area contributed by atoms with Gasteiger partial charge in [-0.05, 0) is 61.4 Å². The van der Waals surface area contributed by atoms with Crippen LogP contribution >= 0.6 is 0 Å². The van der Waals surface area contributed by atoms with Gasteiger partial charge in [0.2, 0.25) is 0 Å². The molecule has 0 bridgehead atoms. The number of carbonyl (C=O) groups is 1. The van der Waals surface area contributed by atoms with E-state index in [9.17, 15) is 13.2 Å². The van der Waals surface area contributed by atoms with Crippen molar-refractivity contribution in [1.82, 2.24) is 0 Å². The molecular weight excluding hydrogens is 428 g/mol. The van der Waals surface area contributed by atoms with Crippen LogP contribution in [0.4, 0.5) is 11.4 Å². The lowest BCUT2D eigenvalue weighted by Crippen LogP contribution is -2.35. The Morgan fingerprint density at radius 1 is 0.969 bits per heavy atom. The molecule has 0 unspecified atom stereocenters. The first-order valence-corrected chi connectivity index (χ1v) is 11.8. The van der Waals surface area contributed by atoms with Gasteiger partial charge >= 0.3 is 0 Å². The van der Waals surface area contributed by atoms with Gasteiger partial charge in [-0.1, -0.05) is 18.2 Å². The SMILES string of the molecule is C[C@@H]1Cc2cc(C(=O)Nc3ccc4c(c3)OCCO4)ccc2N1S(=O)(=O)c1ccccc1. The molecule has 1 amide bonds. The van der Waals surface area contributed by atoms with Gasteiger partial charge in [0.15, 0.2) is 11.5 Å². The molecule has 1 atom stereocenters. The number of amides is 1. The normalized spacial score (nSPS) is 17.0. The Hall–Kier alpha value is -3.52. The zero-order valence-electron chi connectivity index (χ0n) is 17.4. The second kappa shape index (κ2) is 7.87. The molecule has 164 valence electrons. The number of hydrogen-bond acceptors (Lipinski definition) is 5. The van der Waals surface area contributed by atoms with Crippen molar-refractivity contribution in [2.24, 2.45) is 0 Å². The predicted molar refractivity (Wildman–Crippen MR) is 121 cm³/mol. The number of ether oxygens (including phenoxy) is 2. The fourth-order valence-corrected chi connectivity index (χ4v) is 5.85. The van der Waals surface area contributed by atoms with Crippen molar-refractivity contribution < 1.29 is 22.7 Å². The van der Waals surface area contributed by atoms with Crippen LogP contribution in [0.15, 0.2) is 71.6 Å². The Morgan fingerprint density at radius 2 is 1.72 bits per heavy atom. The van der Waals surface area contributed by atoms with E-state index >= 15 is 0 Å². The molecule has 0 aromatic heterocycles. The van der Waals surface area contributed by atoms with Gasteiger partial charge < -0.3 is 14.8 Å². The number of nitrogens with one attached hydrogen (secondary N) is 1. The molecule has 0 aliphatic carbocycles. The summed E-state index contributed by atoms with van der Waals surface area (Å²) in [5.74, 6) is 0.973. The van der Waals surface area contributed by atoms with Crippen molar-refractivity contribution in [3.05, 3.63) is 77.9 Å². The van der Waals surface area contributed by atoms with Crippen LogP contribution in [0.25, 0.3) is 0 Å². The Bertz CT molecular complexity index is 1290. The molecule has 32 heavy (non-hydrogen) atoms. The molecular formula is C24H22N2O5S. The highest BCUT2D eigenvalue weighted by atomic mass is 32.2. The van der Waals surface area contributed by atoms with E-state index in [0.29, 0.717) is 48.1 Å². The van der Waals surface area contributed by atoms with E-state index in [2.05, 4.69) is 5.32 Å². The van der Waals surface area contributed by atoms with Crippen LogP contribution in [0, 0.1) is 0 Å². The maximum Gasteiger partial charge on any atom is 0.264 e. The average Bonchev–Trinajstić information content (AvgIpc) is 3.15. The van der Waals surface area contributed by atoms with Crippen molar-refractivity contribution >= 4 is 27.3 Å². The van der Waals surface area contributed by atoms with E-state index in [1.807, 2.05) is 6.92 Å². The van der Waals surface area contributed by atoms with Gasteiger partial charge in [0, 0.05) is 23.4 Å². The van der Waals surface area contributed by atoms with Gasteiger partial charge in [-0.3, -0.25) is 9.10 Å². The molecule has 3 aromatic rings. The molecule has 8 heteroatoms. The minimum absolute atomic E-state index is 0.244. The summed E-state index contributed by atoms with van der Waals surface area (Å²) in [6, 6.07) is 18.5. The molecule has 3 aromatic carbocycles. The highest BCUT2D eigenvalue weighted by Crippen LogP contribution is 2.37. The summed E-state index contributed by atoms with van der Waals surface area (Å²) in [5.41, 5.74) is 2.50. The molecule has 0 saturated heterocycles. The van der Waals surface area contributed by atoms with Gasteiger partial charge in [-0.2, -0.15) is 0 Å². The highest BCUT2D eigenvalue weighted by Gasteiger charge is 2.36. The second-order valence-electron chi connectivity index (χ2n) is 7.82. The second-order valence-corrected chi connectivity index (χ2v) is 9.64. The molecule has 0 saturated carbocycles. The topological polar surface area (TPSA) is 84.9 Å². The molecule has 0 fully saturated rings. The number of hydrogen-bond donors (Lipinski definition) is 1. The number of fused-ring (bicyclic) bond motifs is 2. The van der Waals surface area contributed by atoms with Gasteiger partial charge in [0.05, 0.1) is 10.6 Å². The molecule has 2 aliphatic heterocycles. The van der Waals surface area contributed by atoms with Crippen molar-refractivity contribution in [1.29, 1.82) is 0 Å². The molecule has 0 radical (unpaired) electrons. The van der Waals surface area contributed by atoms with Crippen molar-refractivity contribution in [2.75, 3.05) is 22.8 Å². The lowest BCUT2D eigenvalue weighted by molar-refractivity contribution is 0.102. The third-order valence-electron chi connectivity index (χ3n) is 5.59. The first kappa shape index (κ1) is 20.4. The number of carbonyl (C=O) groups excluding carboxylic acids is 1. The molecule has 0 spiro atoms. The standard InChI is InChI=1S/C24H22N2O5S/c1-16-13-18-14-17(24(27)25-19-8-10-22-23(15-19)31-12-11-30-22)7-9-21(18)26(16)32(28,29)20-5-3-2-4-6-20/h2-10,14-16H,11-13H2,1H3,(H,25,27)/t16-/m1/s1. The van der Waals surface area contributed by atoms with Crippen molar-refractivity contribution in [3.63, 3.8) is 0 Å². The van der Waals surface area contributed by atoms with Gasteiger partial charge in [-0.15, -0.1) is 0 Å². The van der Waals surface area contributed by atoms with Crippen LogP contribution < -0.4 is 19.1 Å². The maximum absolute atomic E-state index is 13.2. The summed E-state index contributed by atoms with van der Waals surface area (Å²) in [5, 5.41) is 2.87. The Kier molecular flexibility index (Phi) is 5.01. The summed E-state index contributed by atoms with van der Waals surface area (Å²) < 4.78 is 38.9. The molecule has 2 aliphatic rings. The van der Waals surface area contributed by atoms with E-state index < -0.39 is 10.0 Å². The number of nitrogens with zero attached hydrogens (tertiary/aromatic N) is 1. The molecule has 1 N–H and O–H groups in total. The first-order valence-electron chi connectivity index (χ1n) is 10.4. The Morgan fingerprint density at radius 3 is 2.50 bits per heavy atom. The van der Waals surface area contributed by atoms with Crippen molar-refractivity contribution in [2.45, 2.75) is 24.3 Å². The van der Waals surface area contributed by atoms with Crippen LogP contribution in [0.3, 0.4) is 0 Å². The van der Waals surface area contributed by atoms with Gasteiger partial charge in [0.25, 0.3) is 15.9 Å². The molecule has 2 heterocycles. The predicted octanol–water partition coefficient (Wildman–Crippen LogP) is 3.85. The Balaban J connectivity index is 1.40. The van der Waals surface area contributed by atoms with E-state index in [4.69, 9.17) is 9.47 Å². The lowest BCUT2D eigenvalue weighted by Gasteiger charge is -2.24. The summed E-state index contributed by atoms with van der Waals surface area (Å²) in [6.07, 6.45) is 0.534. The number of benzene rings is 3. The third-order valence-corrected chi connectivity index (χ3v) is 7.54. The largest absolute Gasteiger partial charge is 0.486 e. The van der Waals surface area contributed by atoms with Crippen LogP contribution in [0.2, 0.25) is 0 Å². The minimum atomic E-state index is -3.68. The summed E-state index contributed by atoms with van der Waals surface area (Å²) in [6.45, 7) is 2.84. The van der Waals surface area contributed by atoms with Gasteiger partial charge in [-0.25, -0.2) is 8.42 Å². The van der Waals surface area contributed by atoms with E-state index in [1.54, 1.807) is 66.7 Å². The van der Waals surface area contributed by atoms with Crippen LogP contribution in [0.5, 0.6) is 11.5 Å². The van der Waals surface area contributed by atoms with Crippen LogP contribution in [0.1, 0.15) is 22.8 Å². The number of sulfonamides is 1. The molecule has 5 rings (SSSR count). The maximum atomic E-state index is 13.2. The van der Waals surface area contributed by atoms with E-state index in [-0.39, 0.29) is 16.8 Å². The van der Waals surface area contributed by atoms with E-state index in [1.165, 1.54) is 4.31 Å². The first-order chi connectivity index (χ1) is 15.4. The molecule has 7 nitrogen and oxygen atoms in total. The third kappa shape index (κ3) is 3.56. The lowest BCUT2D eigenvalue weighted by atomic mass is 10.1. The van der Waals surface area contributed by atoms with Crippen molar-refractivity contribution in [3.8, 4) is 11.5 Å². The summed E-state index contributed by atoms with van der Waals surface area (Å²) >= 11 is 0. The van der Waals surface area contributed by atoms with E-state index in [0.717, 1.165) is 5.56 Å². The highest BCUT2D eigenvalue weighted by molar-refractivity contribution is 7.92. The van der Waals surface area contributed by atoms with Gasteiger partial charge in [0.1, 0.15) is 13.2 Å². The number of rotatable bonds is 4. The minimum Gasteiger partial charge on any atom is -0.486 e. The summed E-state index contributed by atoms with van der Waals surface area (Å²) in [4.78, 5) is 13.1.